The minimum absolute atomic E-state index is 0.116. The Morgan fingerprint density at radius 3 is 2.30 bits per heavy atom. The summed E-state index contributed by atoms with van der Waals surface area (Å²) < 4.78 is 32.6. The summed E-state index contributed by atoms with van der Waals surface area (Å²) in [6.45, 7) is 9.08. The average Bonchev–Trinajstić information content (AvgIpc) is 3.25. The van der Waals surface area contributed by atoms with Gasteiger partial charge in [-0.3, -0.25) is 4.79 Å². The fourth-order valence-corrected chi connectivity index (χ4v) is 5.45. The maximum Gasteiger partial charge on any atom is 0.255 e. The summed E-state index contributed by atoms with van der Waals surface area (Å²) >= 11 is 0. The van der Waals surface area contributed by atoms with Gasteiger partial charge < -0.3 is 10.1 Å². The molecule has 1 aliphatic rings. The van der Waals surface area contributed by atoms with Gasteiger partial charge >= 0.3 is 0 Å². The zero-order valence-corrected chi connectivity index (χ0v) is 19.1. The van der Waals surface area contributed by atoms with Crippen LogP contribution in [0.3, 0.4) is 0 Å². The van der Waals surface area contributed by atoms with E-state index in [0.29, 0.717) is 18.8 Å². The Bertz CT molecular complexity index is 1060. The van der Waals surface area contributed by atoms with Gasteiger partial charge in [0.1, 0.15) is 5.75 Å². The summed E-state index contributed by atoms with van der Waals surface area (Å²) in [4.78, 5) is 13.2. The topological polar surface area (TPSA) is 75.7 Å². The van der Waals surface area contributed by atoms with Crippen LogP contribution in [0, 0.1) is 20.8 Å². The van der Waals surface area contributed by atoms with Crippen molar-refractivity contribution in [2.24, 2.45) is 0 Å². The van der Waals surface area contributed by atoms with E-state index in [-0.39, 0.29) is 22.4 Å². The van der Waals surface area contributed by atoms with E-state index in [0.717, 1.165) is 29.5 Å². The van der Waals surface area contributed by atoms with E-state index >= 15 is 0 Å². The van der Waals surface area contributed by atoms with Crippen molar-refractivity contribution in [3.05, 3.63) is 58.1 Å². The highest BCUT2D eigenvalue weighted by atomic mass is 32.2. The number of hydrogen-bond donors (Lipinski definition) is 1. The Labute approximate surface area is 179 Å². The number of aryl methyl sites for hydroxylation is 3. The van der Waals surface area contributed by atoms with Crippen molar-refractivity contribution in [2.75, 3.05) is 20.2 Å². The van der Waals surface area contributed by atoms with Gasteiger partial charge in [-0.15, -0.1) is 0 Å². The van der Waals surface area contributed by atoms with Crippen LogP contribution < -0.4 is 10.1 Å². The lowest BCUT2D eigenvalue weighted by atomic mass is 9.96. The van der Waals surface area contributed by atoms with Crippen molar-refractivity contribution in [1.82, 2.24) is 9.62 Å². The van der Waals surface area contributed by atoms with Gasteiger partial charge in [0.15, 0.2) is 0 Å². The maximum absolute atomic E-state index is 13.1. The van der Waals surface area contributed by atoms with Gasteiger partial charge in [0.05, 0.1) is 23.6 Å². The molecule has 2 aromatic carbocycles. The van der Waals surface area contributed by atoms with Gasteiger partial charge in [-0.1, -0.05) is 12.1 Å². The first-order valence-electron chi connectivity index (χ1n) is 10.2. The highest BCUT2D eigenvalue weighted by Crippen LogP contribution is 2.28. The van der Waals surface area contributed by atoms with Gasteiger partial charge in [0.25, 0.3) is 5.91 Å². The van der Waals surface area contributed by atoms with Crippen molar-refractivity contribution in [3.8, 4) is 5.75 Å². The second-order valence-corrected chi connectivity index (χ2v) is 9.90. The number of amides is 1. The van der Waals surface area contributed by atoms with E-state index in [2.05, 4.69) is 24.4 Å². The molecule has 1 amide bonds. The third-order valence-corrected chi connectivity index (χ3v) is 7.71. The van der Waals surface area contributed by atoms with Crippen molar-refractivity contribution in [2.45, 2.75) is 51.5 Å². The van der Waals surface area contributed by atoms with Crippen LogP contribution in [0.25, 0.3) is 0 Å². The number of rotatable bonds is 6. The molecule has 1 fully saturated rings. The first-order valence-corrected chi connectivity index (χ1v) is 11.7. The quantitative estimate of drug-likeness (QED) is 0.754. The molecule has 1 aliphatic heterocycles. The molecule has 1 saturated heterocycles. The Kier molecular flexibility index (Phi) is 6.53. The molecule has 0 saturated carbocycles. The molecule has 1 N–H and O–H groups in total. The molecule has 30 heavy (non-hydrogen) atoms. The van der Waals surface area contributed by atoms with Crippen LogP contribution in [0.15, 0.2) is 35.2 Å². The molecule has 1 atom stereocenters. The predicted octanol–water partition coefficient (Wildman–Crippen LogP) is 3.90. The van der Waals surface area contributed by atoms with Crippen molar-refractivity contribution in [1.29, 1.82) is 0 Å². The minimum atomic E-state index is -3.62. The molecule has 0 unspecified atom stereocenters. The Morgan fingerprint density at radius 2 is 1.67 bits per heavy atom. The van der Waals surface area contributed by atoms with Gasteiger partial charge in [0, 0.05) is 13.1 Å². The molecule has 2 aromatic rings. The van der Waals surface area contributed by atoms with E-state index in [1.165, 1.54) is 29.1 Å². The molecule has 0 aromatic heterocycles. The van der Waals surface area contributed by atoms with E-state index in [9.17, 15) is 13.2 Å². The lowest BCUT2D eigenvalue weighted by molar-refractivity contribution is 0.0936. The second kappa shape index (κ2) is 8.78. The second-order valence-electron chi connectivity index (χ2n) is 7.96. The average molecular weight is 431 g/mol. The van der Waals surface area contributed by atoms with E-state index < -0.39 is 10.0 Å². The van der Waals surface area contributed by atoms with Crippen LogP contribution in [0.2, 0.25) is 0 Å². The van der Waals surface area contributed by atoms with Crippen molar-refractivity contribution < 1.29 is 17.9 Å². The molecule has 0 aliphatic carbocycles. The molecule has 7 heteroatoms. The van der Waals surface area contributed by atoms with Gasteiger partial charge in [-0.25, -0.2) is 8.42 Å². The zero-order valence-electron chi connectivity index (χ0n) is 18.3. The predicted molar refractivity (Wildman–Crippen MR) is 118 cm³/mol. The molecule has 162 valence electrons. The molecule has 3 rings (SSSR count). The number of benzene rings is 2. The number of nitrogens with zero attached hydrogens (tertiary/aromatic N) is 1. The van der Waals surface area contributed by atoms with E-state index in [4.69, 9.17) is 4.74 Å². The fourth-order valence-electron chi connectivity index (χ4n) is 3.90. The third-order valence-electron chi connectivity index (χ3n) is 5.81. The highest BCUT2D eigenvalue weighted by Gasteiger charge is 2.29. The first-order chi connectivity index (χ1) is 14.1. The van der Waals surface area contributed by atoms with Crippen LogP contribution in [-0.2, 0) is 10.0 Å². The summed E-state index contributed by atoms with van der Waals surface area (Å²) in [5.41, 5.74) is 4.71. The first kappa shape index (κ1) is 22.3. The Morgan fingerprint density at radius 1 is 1.03 bits per heavy atom. The van der Waals surface area contributed by atoms with E-state index in [1.54, 1.807) is 6.07 Å². The SMILES string of the molecule is COc1ccc(S(=O)(=O)N2CCCC2)cc1C(=O)N[C@H](C)c1cc(C)c(C)cc1C. The number of carbonyl (C=O) groups excluding carboxylic acids is 1. The third kappa shape index (κ3) is 4.37. The van der Waals surface area contributed by atoms with Gasteiger partial charge in [-0.05, 0) is 81.0 Å². The van der Waals surface area contributed by atoms with E-state index in [1.807, 2.05) is 20.8 Å². The lowest BCUT2D eigenvalue weighted by Gasteiger charge is -2.20. The molecule has 0 spiro atoms. The van der Waals surface area contributed by atoms with Crippen molar-refractivity contribution in [3.63, 3.8) is 0 Å². The van der Waals surface area contributed by atoms with Crippen molar-refractivity contribution >= 4 is 15.9 Å². The van der Waals surface area contributed by atoms with Crippen LogP contribution in [0.4, 0.5) is 0 Å². The normalized spacial score (nSPS) is 15.8. The molecule has 0 bridgehead atoms. The molecule has 0 radical (unpaired) electrons. The van der Waals surface area contributed by atoms with Crippen LogP contribution in [0.5, 0.6) is 5.75 Å². The summed E-state index contributed by atoms with van der Waals surface area (Å²) in [5, 5.41) is 3.00. The van der Waals surface area contributed by atoms with Crippen LogP contribution >= 0.6 is 0 Å². The zero-order chi connectivity index (χ0) is 22.1. The summed E-state index contributed by atoms with van der Waals surface area (Å²) in [7, 11) is -2.15. The summed E-state index contributed by atoms with van der Waals surface area (Å²) in [6.07, 6.45) is 1.71. The monoisotopic (exact) mass is 430 g/mol. The smallest absolute Gasteiger partial charge is 0.255 e. The molecular formula is C23H30N2O4S. The minimum Gasteiger partial charge on any atom is -0.496 e. The maximum atomic E-state index is 13.1. The van der Waals surface area contributed by atoms with Gasteiger partial charge in [0.2, 0.25) is 10.0 Å². The molecule has 1 heterocycles. The summed E-state index contributed by atoms with van der Waals surface area (Å²) in [5.74, 6) is -0.0210. The highest BCUT2D eigenvalue weighted by molar-refractivity contribution is 7.89. The summed E-state index contributed by atoms with van der Waals surface area (Å²) in [6, 6.07) is 8.42. The Hall–Kier alpha value is -2.38. The molecule has 6 nitrogen and oxygen atoms in total. The lowest BCUT2D eigenvalue weighted by Crippen LogP contribution is -2.30. The molecular weight excluding hydrogens is 400 g/mol. The number of ether oxygens (including phenoxy) is 1. The number of carbonyl (C=O) groups is 1. The standard InChI is InChI=1S/C23H30N2O4S/c1-15-12-17(3)20(13-16(15)2)18(4)24-23(26)21-14-19(8-9-22(21)29-5)30(27,28)25-10-6-7-11-25/h8-9,12-14,18H,6-7,10-11H2,1-5H3,(H,24,26)/t18-/m1/s1. The number of nitrogens with one attached hydrogen (secondary N) is 1. The number of hydrogen-bond acceptors (Lipinski definition) is 4. The fraction of sp³-hybridized carbons (Fsp3) is 0.435. The van der Waals surface area contributed by atoms with Crippen LogP contribution in [-0.4, -0.2) is 38.8 Å². The van der Waals surface area contributed by atoms with Crippen LogP contribution in [0.1, 0.15) is 58.4 Å². The number of sulfonamides is 1. The Balaban J connectivity index is 1.90. The van der Waals surface area contributed by atoms with Gasteiger partial charge in [-0.2, -0.15) is 4.31 Å². The number of methoxy groups -OCH3 is 1. The largest absolute Gasteiger partial charge is 0.496 e.